The first kappa shape index (κ1) is 20.6. The summed E-state index contributed by atoms with van der Waals surface area (Å²) in [5.74, 6) is 0.279. The number of ether oxygens (including phenoxy) is 1. The van der Waals surface area contributed by atoms with E-state index in [4.69, 9.17) is 32.4 Å². The van der Waals surface area contributed by atoms with E-state index in [1.165, 1.54) is 0 Å². The fourth-order valence-electron chi connectivity index (χ4n) is 4.52. The molecular formula is C23H22Cl2N2O4. The lowest BCUT2D eigenvalue weighted by atomic mass is 9.84. The number of nitrogens with zero attached hydrogens (tertiary/aromatic N) is 1. The number of hydrogen-bond acceptors (Lipinski definition) is 4. The first-order valence-electron chi connectivity index (χ1n) is 10.3. The molecule has 4 heterocycles. The van der Waals surface area contributed by atoms with Crippen LogP contribution in [0.15, 0.2) is 27.6 Å². The zero-order valence-electron chi connectivity index (χ0n) is 17.3. The van der Waals surface area contributed by atoms with Gasteiger partial charge < -0.3 is 19.0 Å². The fraction of sp³-hybridized carbons (Fsp3) is 0.391. The number of aryl methyl sites for hydroxylation is 1. The van der Waals surface area contributed by atoms with E-state index < -0.39 is 0 Å². The number of fused-ring (bicyclic) bond motifs is 2. The average molecular weight is 461 g/mol. The summed E-state index contributed by atoms with van der Waals surface area (Å²) in [6.07, 6.45) is 2.13. The van der Waals surface area contributed by atoms with Crippen molar-refractivity contribution in [3.63, 3.8) is 0 Å². The van der Waals surface area contributed by atoms with Crippen LogP contribution in [-0.2, 0) is 17.7 Å². The molecule has 1 unspecified atom stereocenters. The molecule has 2 aromatic heterocycles. The van der Waals surface area contributed by atoms with Crippen LogP contribution in [0.1, 0.15) is 45.6 Å². The topological polar surface area (TPSA) is 75.5 Å². The van der Waals surface area contributed by atoms with Gasteiger partial charge in [-0.15, -0.1) is 0 Å². The Kier molecular flexibility index (Phi) is 5.12. The van der Waals surface area contributed by atoms with Gasteiger partial charge in [0, 0.05) is 28.6 Å². The monoisotopic (exact) mass is 460 g/mol. The lowest BCUT2D eigenvalue weighted by Gasteiger charge is -2.34. The third kappa shape index (κ3) is 3.28. The second-order valence-electron chi connectivity index (χ2n) is 8.40. The molecule has 3 aromatic rings. The van der Waals surface area contributed by atoms with Crippen molar-refractivity contribution in [2.75, 3.05) is 19.8 Å². The summed E-state index contributed by atoms with van der Waals surface area (Å²) < 4.78 is 10.9. The predicted octanol–water partition coefficient (Wildman–Crippen LogP) is 4.68. The van der Waals surface area contributed by atoms with Crippen molar-refractivity contribution >= 4 is 40.1 Å². The van der Waals surface area contributed by atoms with Gasteiger partial charge >= 0.3 is 0 Å². The van der Waals surface area contributed by atoms with Crippen molar-refractivity contribution in [2.24, 2.45) is 5.92 Å². The van der Waals surface area contributed by atoms with Crippen molar-refractivity contribution in [3.8, 4) is 0 Å². The molecule has 5 rings (SSSR count). The summed E-state index contributed by atoms with van der Waals surface area (Å²) in [7, 11) is 0. The normalized spacial score (nSPS) is 17.7. The first-order valence-corrected chi connectivity index (χ1v) is 11.1. The van der Waals surface area contributed by atoms with Gasteiger partial charge in [0.05, 0.1) is 42.2 Å². The Morgan fingerprint density at radius 2 is 2.06 bits per heavy atom. The molecule has 1 fully saturated rings. The minimum Gasteiger partial charge on any atom is -0.464 e. The number of rotatable bonds is 4. The van der Waals surface area contributed by atoms with Crippen molar-refractivity contribution in [2.45, 2.75) is 32.7 Å². The van der Waals surface area contributed by atoms with Gasteiger partial charge in [-0.2, -0.15) is 0 Å². The number of carbonyl (C=O) groups excluding carboxylic acids is 1. The van der Waals surface area contributed by atoms with Gasteiger partial charge in [0.1, 0.15) is 5.58 Å². The number of furan rings is 1. The van der Waals surface area contributed by atoms with E-state index in [1.807, 2.05) is 19.1 Å². The minimum absolute atomic E-state index is 0.134. The van der Waals surface area contributed by atoms with Crippen molar-refractivity contribution in [1.29, 1.82) is 0 Å². The fourth-order valence-corrected chi connectivity index (χ4v) is 5.25. The summed E-state index contributed by atoms with van der Waals surface area (Å²) >= 11 is 13.4. The van der Waals surface area contributed by atoms with Crippen LogP contribution >= 0.6 is 23.2 Å². The summed E-state index contributed by atoms with van der Waals surface area (Å²) in [6.45, 7) is 5.86. The molecule has 1 N–H and O–H groups in total. The van der Waals surface area contributed by atoms with Gasteiger partial charge in [0.15, 0.2) is 0 Å². The average Bonchev–Trinajstić information content (AvgIpc) is 3.17. The Morgan fingerprint density at radius 3 is 2.77 bits per heavy atom. The zero-order chi connectivity index (χ0) is 21.9. The molecular weight excluding hydrogens is 439 g/mol. The van der Waals surface area contributed by atoms with Crippen LogP contribution in [-0.4, -0.2) is 35.5 Å². The third-order valence-corrected chi connectivity index (χ3v) is 7.35. The van der Waals surface area contributed by atoms with E-state index in [9.17, 15) is 9.59 Å². The molecule has 8 heteroatoms. The summed E-state index contributed by atoms with van der Waals surface area (Å²) in [5.41, 5.74) is 3.51. The maximum atomic E-state index is 13.5. The quantitative estimate of drug-likeness (QED) is 0.612. The molecule has 0 saturated carbocycles. The number of pyridine rings is 1. The van der Waals surface area contributed by atoms with Crippen LogP contribution in [0, 0.1) is 12.8 Å². The molecule has 2 aliphatic heterocycles. The zero-order valence-corrected chi connectivity index (χ0v) is 18.8. The van der Waals surface area contributed by atoms with Gasteiger partial charge in [-0.05, 0) is 42.5 Å². The van der Waals surface area contributed by atoms with E-state index in [0.717, 1.165) is 22.2 Å². The second-order valence-corrected chi connectivity index (χ2v) is 9.18. The number of nitrogens with one attached hydrogen (secondary N) is 1. The number of aromatic nitrogens is 1. The highest BCUT2D eigenvalue weighted by Crippen LogP contribution is 2.41. The van der Waals surface area contributed by atoms with E-state index in [0.29, 0.717) is 58.9 Å². The Bertz CT molecular complexity index is 1260. The van der Waals surface area contributed by atoms with Crippen LogP contribution in [0.5, 0.6) is 0 Å². The van der Waals surface area contributed by atoms with Gasteiger partial charge in [-0.25, -0.2) is 0 Å². The number of carbonyl (C=O) groups is 1. The standard InChI is InChI=1S/C23H22Cl2N2O4/c1-11(13-9-30-10-13)16-7-18(24)15-3-5-27(23(29)19(15)20(16)25)8-17-21-14(4-6-31-21)12(2)26-22(17)28/h4,6-7,11,13H,3,5,8-10H2,1-2H3,(H,26,28). The summed E-state index contributed by atoms with van der Waals surface area (Å²) in [6, 6.07) is 3.71. The SMILES string of the molecule is Cc1[nH]c(=O)c(CN2CCc3c(Cl)cc(C(C)C4COC4)c(Cl)c3C2=O)c2occc12. The molecule has 1 aromatic carbocycles. The Balaban J connectivity index is 1.53. The number of amides is 1. The number of hydrogen-bond donors (Lipinski definition) is 1. The van der Waals surface area contributed by atoms with Crippen LogP contribution < -0.4 is 5.56 Å². The second kappa shape index (κ2) is 7.69. The minimum atomic E-state index is -0.255. The molecule has 0 spiro atoms. The molecule has 1 saturated heterocycles. The van der Waals surface area contributed by atoms with Crippen LogP contribution in [0.4, 0.5) is 0 Å². The molecule has 162 valence electrons. The van der Waals surface area contributed by atoms with E-state index in [1.54, 1.807) is 11.2 Å². The number of benzene rings is 1. The lowest BCUT2D eigenvalue weighted by molar-refractivity contribution is -0.0423. The highest BCUT2D eigenvalue weighted by molar-refractivity contribution is 6.37. The molecule has 1 amide bonds. The van der Waals surface area contributed by atoms with Gasteiger partial charge in [0.2, 0.25) is 0 Å². The lowest BCUT2D eigenvalue weighted by Crippen LogP contribution is -2.39. The highest BCUT2D eigenvalue weighted by atomic mass is 35.5. The number of H-pyrrole nitrogens is 1. The molecule has 2 aliphatic rings. The first-order chi connectivity index (χ1) is 14.9. The summed E-state index contributed by atoms with van der Waals surface area (Å²) in [5, 5.41) is 1.85. The molecule has 0 bridgehead atoms. The summed E-state index contributed by atoms with van der Waals surface area (Å²) in [4.78, 5) is 30.6. The molecule has 31 heavy (non-hydrogen) atoms. The maximum Gasteiger partial charge on any atom is 0.256 e. The molecule has 0 radical (unpaired) electrons. The van der Waals surface area contributed by atoms with E-state index in [2.05, 4.69) is 11.9 Å². The van der Waals surface area contributed by atoms with Crippen molar-refractivity contribution in [1.82, 2.24) is 9.88 Å². The van der Waals surface area contributed by atoms with Crippen molar-refractivity contribution in [3.05, 3.63) is 66.7 Å². The smallest absolute Gasteiger partial charge is 0.256 e. The van der Waals surface area contributed by atoms with Gasteiger partial charge in [0.25, 0.3) is 11.5 Å². The third-order valence-electron chi connectivity index (χ3n) is 6.61. The molecule has 6 nitrogen and oxygen atoms in total. The van der Waals surface area contributed by atoms with Crippen LogP contribution in [0.2, 0.25) is 10.0 Å². The maximum absolute atomic E-state index is 13.5. The van der Waals surface area contributed by atoms with Gasteiger partial charge in [-0.1, -0.05) is 30.1 Å². The van der Waals surface area contributed by atoms with Crippen LogP contribution in [0.25, 0.3) is 11.0 Å². The Hall–Kier alpha value is -2.28. The Morgan fingerprint density at radius 1 is 1.29 bits per heavy atom. The van der Waals surface area contributed by atoms with Crippen LogP contribution in [0.3, 0.4) is 0 Å². The predicted molar refractivity (Wildman–Crippen MR) is 119 cm³/mol. The molecule has 1 atom stereocenters. The van der Waals surface area contributed by atoms with E-state index >= 15 is 0 Å². The van der Waals surface area contributed by atoms with E-state index in [-0.39, 0.29) is 23.9 Å². The van der Waals surface area contributed by atoms with Crippen molar-refractivity contribution < 1.29 is 13.9 Å². The number of halogens is 2. The Labute approximate surface area is 189 Å². The molecule has 0 aliphatic carbocycles. The van der Waals surface area contributed by atoms with Gasteiger partial charge in [-0.3, -0.25) is 9.59 Å². The largest absolute Gasteiger partial charge is 0.464 e. The highest BCUT2D eigenvalue weighted by Gasteiger charge is 2.34. The number of aromatic amines is 1.